The van der Waals surface area contributed by atoms with E-state index in [1.165, 1.54) is 12.8 Å². The predicted octanol–water partition coefficient (Wildman–Crippen LogP) is 4.51. The molecule has 0 aromatic heterocycles. The fraction of sp³-hybridized carbons (Fsp3) is 0.429. The summed E-state index contributed by atoms with van der Waals surface area (Å²) in [5.41, 5.74) is 1.70. The molecule has 27 heavy (non-hydrogen) atoms. The lowest BCUT2D eigenvalue weighted by atomic mass is 9.99. The Morgan fingerprint density at radius 2 is 1.59 bits per heavy atom. The summed E-state index contributed by atoms with van der Waals surface area (Å²) in [6.45, 7) is 8.26. The quantitative estimate of drug-likeness (QED) is 0.791. The zero-order valence-corrected chi connectivity index (χ0v) is 17.0. The lowest BCUT2D eigenvalue weighted by molar-refractivity contribution is 0.242. The van der Waals surface area contributed by atoms with Gasteiger partial charge in [0.15, 0.2) is 0 Å². The molecule has 1 fully saturated rings. The minimum Gasteiger partial charge on any atom is -0.491 e. The summed E-state index contributed by atoms with van der Waals surface area (Å²) >= 11 is 0. The molecular weight excluding hydrogens is 360 g/mol. The summed E-state index contributed by atoms with van der Waals surface area (Å²) in [5.74, 6) is 1.44. The number of hydrogen-bond acceptors (Lipinski definition) is 4. The van der Waals surface area contributed by atoms with Crippen LogP contribution >= 0.6 is 0 Å². The second-order valence-corrected chi connectivity index (χ2v) is 9.14. The van der Waals surface area contributed by atoms with E-state index in [1.54, 1.807) is 24.3 Å². The number of anilines is 2. The standard InChI is InChI=1S/C21H28N2O3S/c1-16(2)26-20-8-10-21(11-9-20)27(24,25)22-18-4-6-19(7-5-18)23-14-12-17(3)13-15-23/h4-11,16-17,22H,12-15H2,1-3H3. The first-order valence-corrected chi connectivity index (χ1v) is 11.0. The van der Waals surface area contributed by atoms with Crippen LogP contribution in [0.1, 0.15) is 33.6 Å². The maximum Gasteiger partial charge on any atom is 0.261 e. The molecule has 0 aliphatic carbocycles. The van der Waals surface area contributed by atoms with Gasteiger partial charge in [0.1, 0.15) is 5.75 Å². The summed E-state index contributed by atoms with van der Waals surface area (Å²) in [6, 6.07) is 14.1. The first-order chi connectivity index (χ1) is 12.8. The monoisotopic (exact) mass is 388 g/mol. The SMILES string of the molecule is CC1CCN(c2ccc(NS(=O)(=O)c3ccc(OC(C)C)cc3)cc2)CC1. The lowest BCUT2D eigenvalue weighted by Crippen LogP contribution is -2.32. The Bertz CT molecular complexity index is 838. The number of nitrogens with one attached hydrogen (secondary N) is 1. The van der Waals surface area contributed by atoms with Crippen molar-refractivity contribution >= 4 is 21.4 Å². The van der Waals surface area contributed by atoms with Crippen LogP contribution < -0.4 is 14.4 Å². The van der Waals surface area contributed by atoms with Crippen LogP contribution in [0, 0.1) is 5.92 Å². The van der Waals surface area contributed by atoms with Gasteiger partial charge in [-0.3, -0.25) is 4.72 Å². The Balaban J connectivity index is 1.66. The van der Waals surface area contributed by atoms with Crippen molar-refractivity contribution in [2.75, 3.05) is 22.7 Å². The summed E-state index contributed by atoms with van der Waals surface area (Å²) in [5, 5.41) is 0. The molecule has 0 atom stereocenters. The molecule has 1 N–H and O–H groups in total. The smallest absolute Gasteiger partial charge is 0.261 e. The number of benzene rings is 2. The Morgan fingerprint density at radius 3 is 2.15 bits per heavy atom. The van der Waals surface area contributed by atoms with Gasteiger partial charge in [0.25, 0.3) is 10.0 Å². The van der Waals surface area contributed by atoms with E-state index in [4.69, 9.17) is 4.74 Å². The highest BCUT2D eigenvalue weighted by atomic mass is 32.2. The molecule has 0 saturated carbocycles. The molecule has 0 amide bonds. The number of nitrogens with zero attached hydrogens (tertiary/aromatic N) is 1. The van der Waals surface area contributed by atoms with Gasteiger partial charge in [-0.1, -0.05) is 6.92 Å². The van der Waals surface area contributed by atoms with Gasteiger partial charge >= 0.3 is 0 Å². The average molecular weight is 389 g/mol. The summed E-state index contributed by atoms with van der Waals surface area (Å²) in [4.78, 5) is 2.57. The van der Waals surface area contributed by atoms with Crippen molar-refractivity contribution in [3.63, 3.8) is 0 Å². The van der Waals surface area contributed by atoms with Gasteiger partial charge in [0.2, 0.25) is 0 Å². The van der Waals surface area contributed by atoms with Gasteiger partial charge < -0.3 is 9.64 Å². The topological polar surface area (TPSA) is 58.6 Å². The summed E-state index contributed by atoms with van der Waals surface area (Å²) in [6.07, 6.45) is 2.45. The number of sulfonamides is 1. The molecule has 0 unspecified atom stereocenters. The third kappa shape index (κ3) is 5.16. The fourth-order valence-electron chi connectivity index (χ4n) is 3.19. The van der Waals surface area contributed by atoms with Gasteiger partial charge in [-0.2, -0.15) is 0 Å². The first-order valence-electron chi connectivity index (χ1n) is 9.48. The Morgan fingerprint density at radius 1 is 1.00 bits per heavy atom. The third-order valence-electron chi connectivity index (χ3n) is 4.77. The van der Waals surface area contributed by atoms with Crippen LogP contribution in [0.25, 0.3) is 0 Å². The van der Waals surface area contributed by atoms with E-state index in [-0.39, 0.29) is 11.0 Å². The van der Waals surface area contributed by atoms with Crippen molar-refractivity contribution in [1.82, 2.24) is 0 Å². The highest BCUT2D eigenvalue weighted by molar-refractivity contribution is 7.92. The van der Waals surface area contributed by atoms with E-state index >= 15 is 0 Å². The minimum atomic E-state index is -3.62. The van der Waals surface area contributed by atoms with E-state index in [0.29, 0.717) is 11.4 Å². The molecule has 0 bridgehead atoms. The molecule has 3 rings (SSSR count). The van der Waals surface area contributed by atoms with E-state index < -0.39 is 10.0 Å². The van der Waals surface area contributed by atoms with Crippen LogP contribution in [0.15, 0.2) is 53.4 Å². The Labute approximate surface area is 162 Å². The predicted molar refractivity (Wildman–Crippen MR) is 110 cm³/mol. The molecule has 2 aromatic carbocycles. The molecule has 5 nitrogen and oxygen atoms in total. The molecule has 2 aromatic rings. The Hall–Kier alpha value is -2.21. The molecule has 6 heteroatoms. The number of piperidine rings is 1. The maximum absolute atomic E-state index is 12.6. The van der Waals surface area contributed by atoms with Crippen molar-refractivity contribution in [1.29, 1.82) is 0 Å². The minimum absolute atomic E-state index is 0.0483. The Kier molecular flexibility index (Phi) is 5.95. The van der Waals surface area contributed by atoms with Gasteiger partial charge in [0, 0.05) is 24.5 Å². The van der Waals surface area contributed by atoms with Crippen LogP contribution in [0.4, 0.5) is 11.4 Å². The highest BCUT2D eigenvalue weighted by Gasteiger charge is 2.17. The van der Waals surface area contributed by atoms with Gasteiger partial charge in [-0.15, -0.1) is 0 Å². The summed E-state index contributed by atoms with van der Waals surface area (Å²) in [7, 11) is -3.62. The molecule has 0 spiro atoms. The molecule has 0 radical (unpaired) electrons. The van der Waals surface area contributed by atoms with Crippen molar-refractivity contribution in [3.05, 3.63) is 48.5 Å². The van der Waals surface area contributed by atoms with Crippen LogP contribution in [0.5, 0.6) is 5.75 Å². The third-order valence-corrected chi connectivity index (χ3v) is 6.17. The van der Waals surface area contributed by atoms with Crippen molar-refractivity contribution in [2.45, 2.75) is 44.6 Å². The van der Waals surface area contributed by atoms with Gasteiger partial charge in [-0.05, 0) is 81.1 Å². The second-order valence-electron chi connectivity index (χ2n) is 7.46. The van der Waals surface area contributed by atoms with Crippen molar-refractivity contribution in [2.24, 2.45) is 5.92 Å². The number of hydrogen-bond donors (Lipinski definition) is 1. The van der Waals surface area contributed by atoms with Crippen LogP contribution in [-0.2, 0) is 10.0 Å². The van der Waals surface area contributed by atoms with E-state index in [1.807, 2.05) is 38.1 Å². The molecule has 146 valence electrons. The summed E-state index contributed by atoms with van der Waals surface area (Å²) < 4.78 is 33.4. The van der Waals surface area contributed by atoms with Crippen molar-refractivity contribution in [3.8, 4) is 5.75 Å². The fourth-order valence-corrected chi connectivity index (χ4v) is 4.25. The zero-order chi connectivity index (χ0) is 19.4. The molecule has 1 heterocycles. The first kappa shape index (κ1) is 19.5. The van der Waals surface area contributed by atoms with Crippen LogP contribution in [0.2, 0.25) is 0 Å². The second kappa shape index (κ2) is 8.21. The average Bonchev–Trinajstić information content (AvgIpc) is 2.63. The van der Waals surface area contributed by atoms with E-state index in [9.17, 15) is 8.42 Å². The zero-order valence-electron chi connectivity index (χ0n) is 16.2. The van der Waals surface area contributed by atoms with Crippen LogP contribution in [-0.4, -0.2) is 27.6 Å². The van der Waals surface area contributed by atoms with Gasteiger partial charge in [0.05, 0.1) is 11.0 Å². The van der Waals surface area contributed by atoms with Crippen LogP contribution in [0.3, 0.4) is 0 Å². The molecule has 1 aliphatic heterocycles. The normalized spacial score (nSPS) is 15.8. The molecular formula is C21H28N2O3S. The molecule has 1 saturated heterocycles. The largest absolute Gasteiger partial charge is 0.491 e. The molecule has 1 aliphatic rings. The lowest BCUT2D eigenvalue weighted by Gasteiger charge is -2.32. The number of rotatable bonds is 6. The van der Waals surface area contributed by atoms with E-state index in [0.717, 1.165) is 24.7 Å². The van der Waals surface area contributed by atoms with E-state index in [2.05, 4.69) is 16.5 Å². The van der Waals surface area contributed by atoms with Gasteiger partial charge in [-0.25, -0.2) is 8.42 Å². The maximum atomic E-state index is 12.6. The van der Waals surface area contributed by atoms with Crippen molar-refractivity contribution < 1.29 is 13.2 Å². The highest BCUT2D eigenvalue weighted by Crippen LogP contribution is 2.25. The number of ether oxygens (including phenoxy) is 1.